The Kier molecular flexibility index (Phi) is 3.19. The molecular formula is C18H16N2OS. The lowest BCUT2D eigenvalue weighted by Crippen LogP contribution is -2.12. The van der Waals surface area contributed by atoms with Crippen molar-refractivity contribution in [2.24, 2.45) is 0 Å². The summed E-state index contributed by atoms with van der Waals surface area (Å²) in [6.45, 7) is 3.25. The molecule has 0 spiro atoms. The van der Waals surface area contributed by atoms with Crippen molar-refractivity contribution >= 4 is 28.4 Å². The van der Waals surface area contributed by atoms with Gasteiger partial charge in [-0.15, -0.1) is 0 Å². The van der Waals surface area contributed by atoms with Crippen molar-refractivity contribution in [3.05, 3.63) is 70.6 Å². The Hall–Kier alpha value is -2.20. The average Bonchev–Trinajstić information content (AvgIpc) is 2.85. The summed E-state index contributed by atoms with van der Waals surface area (Å²) in [4.78, 5) is 15.8. The number of nitrogens with one attached hydrogen (secondary N) is 1. The Bertz CT molecular complexity index is 903. The van der Waals surface area contributed by atoms with Crippen molar-refractivity contribution in [2.45, 2.75) is 17.7 Å². The lowest BCUT2D eigenvalue weighted by molar-refractivity contribution is 0.833. The zero-order valence-electron chi connectivity index (χ0n) is 12.2. The molecule has 0 amide bonds. The fraction of sp³-hybridized carbons (Fsp3) is 0.167. The lowest BCUT2D eigenvalue weighted by Gasteiger charge is -2.19. The van der Waals surface area contributed by atoms with Gasteiger partial charge >= 0.3 is 0 Å². The van der Waals surface area contributed by atoms with Crippen LogP contribution in [-0.4, -0.2) is 11.5 Å². The summed E-state index contributed by atoms with van der Waals surface area (Å²) in [5, 5.41) is 1.75. The van der Waals surface area contributed by atoms with Gasteiger partial charge in [0.25, 0.3) is 5.56 Å². The molecule has 0 saturated heterocycles. The number of H-pyrrole nitrogens is 1. The number of pyridine rings is 1. The highest BCUT2D eigenvalue weighted by Gasteiger charge is 2.26. The van der Waals surface area contributed by atoms with Gasteiger partial charge in [0, 0.05) is 34.3 Å². The van der Waals surface area contributed by atoms with Gasteiger partial charge in [-0.2, -0.15) is 0 Å². The molecule has 3 nitrogen and oxygen atoms in total. The van der Waals surface area contributed by atoms with Gasteiger partial charge in [-0.05, 0) is 41.8 Å². The van der Waals surface area contributed by atoms with Crippen molar-refractivity contribution in [1.82, 2.24) is 4.98 Å². The molecule has 1 aliphatic rings. The van der Waals surface area contributed by atoms with Gasteiger partial charge < -0.3 is 9.29 Å². The van der Waals surface area contributed by atoms with Crippen LogP contribution < -0.4 is 9.86 Å². The molecule has 0 saturated carbocycles. The first-order chi connectivity index (χ1) is 10.7. The third-order valence-electron chi connectivity index (χ3n) is 4.16. The summed E-state index contributed by atoms with van der Waals surface area (Å²) in [5.41, 5.74) is 2.64. The van der Waals surface area contributed by atoms with Gasteiger partial charge in [0.15, 0.2) is 0 Å². The quantitative estimate of drug-likeness (QED) is 0.722. The number of aromatic amines is 1. The van der Waals surface area contributed by atoms with E-state index in [-0.39, 0.29) is 5.56 Å². The maximum Gasteiger partial charge on any atom is 0.255 e. The largest absolute Gasteiger partial charge is 0.329 e. The van der Waals surface area contributed by atoms with Gasteiger partial charge in [0.1, 0.15) is 0 Å². The van der Waals surface area contributed by atoms with Gasteiger partial charge in [0.05, 0.1) is 5.69 Å². The van der Waals surface area contributed by atoms with E-state index < -0.39 is 0 Å². The Morgan fingerprint density at radius 2 is 1.95 bits per heavy atom. The third kappa shape index (κ3) is 2.11. The second kappa shape index (κ2) is 5.21. The number of anilines is 1. The van der Waals surface area contributed by atoms with Gasteiger partial charge in [-0.3, -0.25) is 4.79 Å². The molecule has 1 aliphatic heterocycles. The number of aromatic nitrogens is 1. The minimum atomic E-state index is -0.0323. The molecule has 1 atom stereocenters. The molecular weight excluding hydrogens is 292 g/mol. The smallest absolute Gasteiger partial charge is 0.255 e. The molecule has 110 valence electrons. The van der Waals surface area contributed by atoms with Crippen molar-refractivity contribution in [3.63, 3.8) is 0 Å². The van der Waals surface area contributed by atoms with Crippen LogP contribution in [0.3, 0.4) is 0 Å². The number of hydrogen-bond acceptors (Lipinski definition) is 3. The van der Waals surface area contributed by atoms with Crippen molar-refractivity contribution in [3.8, 4) is 0 Å². The summed E-state index contributed by atoms with van der Waals surface area (Å²) >= 11 is 1.72. The summed E-state index contributed by atoms with van der Waals surface area (Å²) in [5.74, 6) is 0.530. The first-order valence-electron chi connectivity index (χ1n) is 7.39. The number of para-hydroxylation sites is 1. The summed E-state index contributed by atoms with van der Waals surface area (Å²) in [6.07, 6.45) is 1.72. The van der Waals surface area contributed by atoms with E-state index in [1.807, 2.05) is 18.2 Å². The fourth-order valence-corrected chi connectivity index (χ4v) is 4.27. The first-order valence-corrected chi connectivity index (χ1v) is 8.16. The number of rotatable bonds is 2. The number of hydrogen-bond donors (Lipinski definition) is 1. The lowest BCUT2D eigenvalue weighted by atomic mass is 10.0. The second-order valence-corrected chi connectivity index (χ2v) is 6.70. The van der Waals surface area contributed by atoms with Crippen LogP contribution in [0.25, 0.3) is 10.8 Å². The molecule has 22 heavy (non-hydrogen) atoms. The van der Waals surface area contributed by atoms with Crippen LogP contribution in [-0.2, 0) is 0 Å². The summed E-state index contributed by atoms with van der Waals surface area (Å²) < 4.78 is 2.33. The van der Waals surface area contributed by atoms with Crippen molar-refractivity contribution in [2.75, 3.05) is 10.8 Å². The van der Waals surface area contributed by atoms with Crippen LogP contribution >= 0.6 is 11.9 Å². The van der Waals surface area contributed by atoms with Crippen molar-refractivity contribution < 1.29 is 0 Å². The standard InChI is InChI=1S/C18H16N2OS/c1-12-11-20(16-7-3-2-5-13(12)16)22-17-8-4-6-15-14(17)9-10-19-18(15)21/h2-10,12H,11H2,1H3,(H,19,21). The highest BCUT2D eigenvalue weighted by molar-refractivity contribution is 8.00. The van der Waals surface area contributed by atoms with Crippen LogP contribution in [0.4, 0.5) is 5.69 Å². The molecule has 4 rings (SSSR count). The molecule has 0 fully saturated rings. The molecule has 0 aliphatic carbocycles. The average molecular weight is 308 g/mol. The molecule has 3 aromatic rings. The van der Waals surface area contributed by atoms with Crippen LogP contribution in [0, 0.1) is 0 Å². The highest BCUT2D eigenvalue weighted by atomic mass is 32.2. The molecule has 2 heterocycles. The Balaban J connectivity index is 1.77. The van der Waals surface area contributed by atoms with E-state index >= 15 is 0 Å². The van der Waals surface area contributed by atoms with Gasteiger partial charge in [0.2, 0.25) is 0 Å². The van der Waals surface area contributed by atoms with Crippen LogP contribution in [0.15, 0.2) is 64.4 Å². The van der Waals surface area contributed by atoms with E-state index in [0.29, 0.717) is 5.92 Å². The highest BCUT2D eigenvalue weighted by Crippen LogP contribution is 2.42. The number of benzene rings is 2. The van der Waals surface area contributed by atoms with Gasteiger partial charge in [-0.25, -0.2) is 0 Å². The van der Waals surface area contributed by atoms with E-state index in [9.17, 15) is 4.79 Å². The Morgan fingerprint density at radius 1 is 1.09 bits per heavy atom. The molecule has 0 bridgehead atoms. The SMILES string of the molecule is CC1CN(Sc2cccc3c(=O)[nH]ccc23)c2ccccc21. The predicted octanol–water partition coefficient (Wildman–Crippen LogP) is 4.16. The predicted molar refractivity (Wildman–Crippen MR) is 92.6 cm³/mol. The second-order valence-electron chi connectivity index (χ2n) is 5.64. The Labute approximate surface area is 133 Å². The maximum absolute atomic E-state index is 11.9. The molecule has 4 heteroatoms. The first kappa shape index (κ1) is 13.5. The molecule has 1 aromatic heterocycles. The minimum Gasteiger partial charge on any atom is -0.329 e. The molecule has 1 N–H and O–H groups in total. The maximum atomic E-state index is 11.9. The van der Waals surface area contributed by atoms with E-state index in [1.54, 1.807) is 18.1 Å². The van der Waals surface area contributed by atoms with E-state index in [4.69, 9.17) is 0 Å². The van der Waals surface area contributed by atoms with E-state index in [2.05, 4.69) is 46.5 Å². The molecule has 1 unspecified atom stereocenters. The summed E-state index contributed by atoms with van der Waals surface area (Å²) in [7, 11) is 0. The van der Waals surface area contributed by atoms with Crippen LogP contribution in [0.2, 0.25) is 0 Å². The normalized spacial score (nSPS) is 17.0. The molecule has 0 radical (unpaired) electrons. The topological polar surface area (TPSA) is 36.1 Å². The zero-order valence-corrected chi connectivity index (χ0v) is 13.1. The third-order valence-corrected chi connectivity index (χ3v) is 5.28. The number of nitrogens with zero attached hydrogens (tertiary/aromatic N) is 1. The van der Waals surface area contributed by atoms with Crippen LogP contribution in [0.5, 0.6) is 0 Å². The van der Waals surface area contributed by atoms with Crippen LogP contribution in [0.1, 0.15) is 18.4 Å². The Morgan fingerprint density at radius 3 is 2.86 bits per heavy atom. The fourth-order valence-electron chi connectivity index (χ4n) is 3.05. The van der Waals surface area contributed by atoms with E-state index in [1.165, 1.54) is 11.3 Å². The monoisotopic (exact) mass is 308 g/mol. The molecule has 2 aromatic carbocycles. The van der Waals surface area contributed by atoms with E-state index in [0.717, 1.165) is 22.2 Å². The zero-order chi connectivity index (χ0) is 15.1. The van der Waals surface area contributed by atoms with Gasteiger partial charge in [-0.1, -0.05) is 31.2 Å². The van der Waals surface area contributed by atoms with Crippen molar-refractivity contribution in [1.29, 1.82) is 0 Å². The minimum absolute atomic E-state index is 0.0323. The summed E-state index contributed by atoms with van der Waals surface area (Å²) in [6, 6.07) is 16.4. The number of fused-ring (bicyclic) bond motifs is 2.